The van der Waals surface area contributed by atoms with Crippen LogP contribution in [0.15, 0.2) is 52.4 Å². The Balaban J connectivity index is 2.01. The van der Waals surface area contributed by atoms with E-state index in [1.54, 1.807) is 25.2 Å². The smallest absolute Gasteiger partial charge is 0.238 e. The van der Waals surface area contributed by atoms with Gasteiger partial charge in [0.1, 0.15) is 5.82 Å². The maximum Gasteiger partial charge on any atom is 0.238 e. The zero-order chi connectivity index (χ0) is 20.9. The lowest BCUT2D eigenvalue weighted by Crippen LogP contribution is -2.43. The fourth-order valence-corrected chi connectivity index (χ4v) is 3.68. The van der Waals surface area contributed by atoms with Gasteiger partial charge in [0.2, 0.25) is 10.0 Å². The van der Waals surface area contributed by atoms with E-state index in [2.05, 4.69) is 15.6 Å². The van der Waals surface area contributed by atoms with Gasteiger partial charge in [0.15, 0.2) is 5.96 Å². The molecule has 0 saturated heterocycles. The molecule has 0 atom stereocenters. The number of nitrogens with two attached hydrogens (primary N) is 1. The Labute approximate surface area is 170 Å². The van der Waals surface area contributed by atoms with E-state index in [-0.39, 0.29) is 16.1 Å². The molecule has 0 aromatic heterocycles. The molecule has 2 aromatic carbocycles. The molecule has 2 rings (SSSR count). The predicted molar refractivity (Wildman–Crippen MR) is 110 cm³/mol. The highest BCUT2D eigenvalue weighted by atomic mass is 35.5. The van der Waals surface area contributed by atoms with Gasteiger partial charge in [-0.15, -0.1) is 0 Å². The Morgan fingerprint density at radius 2 is 1.93 bits per heavy atom. The Morgan fingerprint density at radius 3 is 2.54 bits per heavy atom. The topological polar surface area (TPSA) is 96.6 Å². The highest BCUT2D eigenvalue weighted by Gasteiger charge is 2.24. The van der Waals surface area contributed by atoms with E-state index in [1.165, 1.54) is 24.3 Å². The summed E-state index contributed by atoms with van der Waals surface area (Å²) in [5.74, 6) is 0.157. The maximum atomic E-state index is 13.3. The molecule has 0 heterocycles. The fourth-order valence-electron chi connectivity index (χ4n) is 2.68. The van der Waals surface area contributed by atoms with Crippen LogP contribution in [0.2, 0.25) is 5.02 Å². The van der Waals surface area contributed by atoms with Gasteiger partial charge in [-0.25, -0.2) is 17.9 Å². The largest absolute Gasteiger partial charge is 0.356 e. The minimum absolute atomic E-state index is 0.0573. The molecule has 0 saturated carbocycles. The van der Waals surface area contributed by atoms with Gasteiger partial charge in [-0.1, -0.05) is 43.6 Å². The summed E-state index contributed by atoms with van der Waals surface area (Å²) >= 11 is 6.18. The molecule has 6 nitrogen and oxygen atoms in total. The van der Waals surface area contributed by atoms with Crippen molar-refractivity contribution in [3.63, 3.8) is 0 Å². The lowest BCUT2D eigenvalue weighted by Gasteiger charge is -2.27. The number of rotatable bonds is 6. The molecule has 28 heavy (non-hydrogen) atoms. The molecule has 0 fully saturated rings. The van der Waals surface area contributed by atoms with Crippen molar-refractivity contribution in [3.05, 3.63) is 64.4 Å². The van der Waals surface area contributed by atoms with Crippen LogP contribution in [0, 0.1) is 5.82 Å². The summed E-state index contributed by atoms with van der Waals surface area (Å²) in [6.45, 7) is 4.83. The zero-order valence-corrected chi connectivity index (χ0v) is 17.5. The molecule has 0 unspecified atom stereocenters. The lowest BCUT2D eigenvalue weighted by molar-refractivity contribution is 0.507. The average Bonchev–Trinajstić information content (AvgIpc) is 2.61. The number of primary sulfonamides is 1. The monoisotopic (exact) mass is 426 g/mol. The Bertz CT molecular complexity index is 978. The number of hydrogen-bond donors (Lipinski definition) is 3. The number of aliphatic imine (C=N–C) groups is 1. The van der Waals surface area contributed by atoms with E-state index < -0.39 is 10.0 Å². The summed E-state index contributed by atoms with van der Waals surface area (Å²) in [6.07, 6.45) is 0. The Kier molecular flexibility index (Phi) is 7.03. The van der Waals surface area contributed by atoms with Crippen molar-refractivity contribution in [1.82, 2.24) is 10.6 Å². The maximum absolute atomic E-state index is 13.3. The van der Waals surface area contributed by atoms with Gasteiger partial charge in [0, 0.05) is 30.6 Å². The first-order valence-electron chi connectivity index (χ1n) is 8.55. The normalized spacial score (nSPS) is 12.7. The van der Waals surface area contributed by atoms with E-state index in [1.807, 2.05) is 13.8 Å². The fraction of sp³-hybridized carbons (Fsp3) is 0.316. The van der Waals surface area contributed by atoms with Crippen molar-refractivity contribution in [2.75, 3.05) is 13.6 Å². The van der Waals surface area contributed by atoms with Crippen LogP contribution in [0.3, 0.4) is 0 Å². The number of nitrogens with zero attached hydrogens (tertiary/aromatic N) is 1. The highest BCUT2D eigenvalue weighted by Crippen LogP contribution is 2.29. The SMILES string of the molecule is CN=C(NCc1cccc(S(N)(=O)=O)c1)NCC(C)(C)c1ccc(F)cc1Cl. The molecule has 2 aromatic rings. The van der Waals surface area contributed by atoms with Crippen molar-refractivity contribution in [3.8, 4) is 0 Å². The molecule has 0 aliphatic carbocycles. The molecular formula is C19H24ClFN4O2S. The van der Waals surface area contributed by atoms with Crippen molar-refractivity contribution < 1.29 is 12.8 Å². The molecule has 152 valence electrons. The second-order valence-electron chi connectivity index (χ2n) is 6.98. The first kappa shape index (κ1) is 22.1. The second-order valence-corrected chi connectivity index (χ2v) is 8.95. The van der Waals surface area contributed by atoms with Crippen molar-refractivity contribution in [1.29, 1.82) is 0 Å². The van der Waals surface area contributed by atoms with E-state index in [0.717, 1.165) is 11.1 Å². The van der Waals surface area contributed by atoms with Crippen LogP contribution < -0.4 is 15.8 Å². The molecule has 0 radical (unpaired) electrons. The standard InChI is InChI=1S/C19H24ClFN4O2S/c1-19(2,16-8-7-14(21)10-17(16)20)12-25-18(23-3)24-11-13-5-4-6-15(9-13)28(22,26)27/h4-10H,11-12H2,1-3H3,(H2,22,26,27)(H2,23,24,25). The number of guanidine groups is 1. The first-order valence-corrected chi connectivity index (χ1v) is 10.5. The molecule has 0 amide bonds. The van der Waals surface area contributed by atoms with Crippen LogP contribution in [0.25, 0.3) is 0 Å². The van der Waals surface area contributed by atoms with Gasteiger partial charge in [0.05, 0.1) is 4.90 Å². The molecule has 0 aliphatic heterocycles. The van der Waals surface area contributed by atoms with E-state index >= 15 is 0 Å². The number of hydrogen-bond acceptors (Lipinski definition) is 3. The third-order valence-corrected chi connectivity index (χ3v) is 5.49. The predicted octanol–water partition coefficient (Wildman–Crippen LogP) is 2.77. The van der Waals surface area contributed by atoms with Crippen LogP contribution in [0.4, 0.5) is 4.39 Å². The van der Waals surface area contributed by atoms with Gasteiger partial charge >= 0.3 is 0 Å². The summed E-state index contributed by atoms with van der Waals surface area (Å²) in [5.41, 5.74) is 1.19. The second kappa shape index (κ2) is 8.89. The van der Waals surface area contributed by atoms with E-state index in [0.29, 0.717) is 24.1 Å². The van der Waals surface area contributed by atoms with Crippen LogP contribution >= 0.6 is 11.6 Å². The summed E-state index contributed by atoms with van der Waals surface area (Å²) in [6, 6.07) is 10.7. The minimum Gasteiger partial charge on any atom is -0.356 e. The number of halogens is 2. The van der Waals surface area contributed by atoms with Crippen LogP contribution in [0.1, 0.15) is 25.0 Å². The van der Waals surface area contributed by atoms with Crippen LogP contribution in [0.5, 0.6) is 0 Å². The Morgan fingerprint density at radius 1 is 1.21 bits per heavy atom. The summed E-state index contributed by atoms with van der Waals surface area (Å²) < 4.78 is 36.2. The molecular weight excluding hydrogens is 403 g/mol. The van der Waals surface area contributed by atoms with Crippen molar-refractivity contribution in [2.24, 2.45) is 10.1 Å². The zero-order valence-electron chi connectivity index (χ0n) is 16.0. The quantitative estimate of drug-likeness (QED) is 0.488. The highest BCUT2D eigenvalue weighted by molar-refractivity contribution is 7.89. The van der Waals surface area contributed by atoms with Gasteiger partial charge in [-0.05, 0) is 35.4 Å². The first-order chi connectivity index (χ1) is 13.0. The van der Waals surface area contributed by atoms with Gasteiger partial charge in [-0.2, -0.15) is 0 Å². The molecule has 9 heteroatoms. The minimum atomic E-state index is -3.75. The summed E-state index contributed by atoms with van der Waals surface area (Å²) in [7, 11) is -2.12. The van der Waals surface area contributed by atoms with Crippen molar-refractivity contribution in [2.45, 2.75) is 30.7 Å². The van der Waals surface area contributed by atoms with E-state index in [9.17, 15) is 12.8 Å². The molecule has 4 N–H and O–H groups in total. The summed E-state index contributed by atoms with van der Waals surface area (Å²) in [5, 5.41) is 11.9. The summed E-state index contributed by atoms with van der Waals surface area (Å²) in [4.78, 5) is 4.22. The van der Waals surface area contributed by atoms with Gasteiger partial charge < -0.3 is 10.6 Å². The van der Waals surface area contributed by atoms with Crippen molar-refractivity contribution >= 4 is 27.6 Å². The molecule has 0 spiro atoms. The van der Waals surface area contributed by atoms with Crippen LogP contribution in [-0.2, 0) is 22.0 Å². The lowest BCUT2D eigenvalue weighted by atomic mass is 9.84. The van der Waals surface area contributed by atoms with Gasteiger partial charge in [-0.3, -0.25) is 4.99 Å². The number of benzene rings is 2. The van der Waals surface area contributed by atoms with Gasteiger partial charge in [0.25, 0.3) is 0 Å². The Hall–Kier alpha value is -2.16. The average molecular weight is 427 g/mol. The third-order valence-electron chi connectivity index (χ3n) is 4.27. The third kappa shape index (κ3) is 5.92. The van der Waals surface area contributed by atoms with Crippen LogP contribution in [-0.4, -0.2) is 28.0 Å². The molecule has 0 bridgehead atoms. The number of sulfonamides is 1. The molecule has 0 aliphatic rings. The number of nitrogens with one attached hydrogen (secondary N) is 2. The van der Waals surface area contributed by atoms with E-state index in [4.69, 9.17) is 16.7 Å².